The van der Waals surface area contributed by atoms with Crippen LogP contribution in [0.5, 0.6) is 0 Å². The number of rotatable bonds is 0. The van der Waals surface area contributed by atoms with E-state index < -0.39 is 5.82 Å². The van der Waals surface area contributed by atoms with Crippen molar-refractivity contribution < 1.29 is 4.39 Å². The molecule has 14 heavy (non-hydrogen) atoms. The first-order valence-electron chi connectivity index (χ1n) is 3.78. The molecule has 0 aliphatic heterocycles. The number of nitrogens with two attached hydrogens (primary N) is 1. The summed E-state index contributed by atoms with van der Waals surface area (Å²) in [6, 6.07) is 2.64. The fraction of sp³-hybridized carbons (Fsp3) is 0. The van der Waals surface area contributed by atoms with E-state index in [-0.39, 0.29) is 5.02 Å². The van der Waals surface area contributed by atoms with Crippen molar-refractivity contribution in [2.45, 2.75) is 0 Å². The molecule has 0 saturated heterocycles. The zero-order valence-corrected chi connectivity index (χ0v) is 8.40. The Bertz CT molecular complexity index is 514. The van der Waals surface area contributed by atoms with E-state index in [1.54, 1.807) is 0 Å². The second-order valence-corrected chi connectivity index (χ2v) is 3.60. The number of nitrogens with zero attached hydrogens (tertiary/aromatic N) is 1. The Morgan fingerprint density at radius 1 is 1.29 bits per heavy atom. The topological polar surface area (TPSA) is 38.9 Å². The molecule has 0 amide bonds. The molecule has 2 rings (SSSR count). The number of fused-ring (bicyclic) bond motifs is 1. The van der Waals surface area contributed by atoms with Gasteiger partial charge in [0.1, 0.15) is 5.82 Å². The van der Waals surface area contributed by atoms with Crippen LogP contribution >= 0.6 is 23.2 Å². The van der Waals surface area contributed by atoms with E-state index in [1.807, 2.05) is 0 Å². The van der Waals surface area contributed by atoms with Gasteiger partial charge in [0.15, 0.2) is 0 Å². The largest absolute Gasteiger partial charge is 0.396 e. The first-order chi connectivity index (χ1) is 6.59. The number of hydrogen-bond acceptors (Lipinski definition) is 2. The maximum atomic E-state index is 13.0. The third kappa shape index (κ3) is 1.38. The summed E-state index contributed by atoms with van der Waals surface area (Å²) in [6.45, 7) is 0. The van der Waals surface area contributed by atoms with Gasteiger partial charge in [-0.2, -0.15) is 0 Å². The van der Waals surface area contributed by atoms with Crippen LogP contribution in [0.15, 0.2) is 18.3 Å². The molecule has 1 aromatic heterocycles. The molecular formula is C9H5Cl2FN2. The molecule has 2 aromatic rings. The molecule has 0 radical (unpaired) electrons. The fourth-order valence-corrected chi connectivity index (χ4v) is 1.53. The van der Waals surface area contributed by atoms with Crippen molar-refractivity contribution in [1.82, 2.24) is 4.98 Å². The minimum atomic E-state index is -0.521. The normalized spacial score (nSPS) is 10.8. The van der Waals surface area contributed by atoms with Gasteiger partial charge in [-0.1, -0.05) is 23.2 Å². The summed E-state index contributed by atoms with van der Waals surface area (Å²) in [6.07, 6.45) is 1.39. The molecule has 0 bridgehead atoms. The summed E-state index contributed by atoms with van der Waals surface area (Å²) >= 11 is 11.5. The summed E-state index contributed by atoms with van der Waals surface area (Å²) in [5.74, 6) is -0.521. The lowest BCUT2D eigenvalue weighted by Gasteiger charge is -2.03. The van der Waals surface area contributed by atoms with E-state index in [0.717, 1.165) is 0 Å². The summed E-state index contributed by atoms with van der Waals surface area (Å²) in [4.78, 5) is 3.94. The van der Waals surface area contributed by atoms with E-state index >= 15 is 0 Å². The Morgan fingerprint density at radius 2 is 2.00 bits per heavy atom. The number of anilines is 1. The van der Waals surface area contributed by atoms with Crippen LogP contribution in [0.3, 0.4) is 0 Å². The second-order valence-electron chi connectivity index (χ2n) is 2.81. The Balaban J connectivity index is 2.89. The number of aromatic nitrogens is 1. The first-order valence-corrected chi connectivity index (χ1v) is 4.54. The van der Waals surface area contributed by atoms with E-state index in [2.05, 4.69) is 4.98 Å². The average Bonchev–Trinajstić information content (AvgIpc) is 2.15. The van der Waals surface area contributed by atoms with Crippen LogP contribution in [0, 0.1) is 5.82 Å². The van der Waals surface area contributed by atoms with Crippen molar-refractivity contribution >= 4 is 39.8 Å². The Morgan fingerprint density at radius 3 is 2.71 bits per heavy atom. The summed E-state index contributed by atoms with van der Waals surface area (Å²) in [5, 5.41) is 0.904. The molecular weight excluding hydrogens is 226 g/mol. The van der Waals surface area contributed by atoms with Gasteiger partial charge in [-0.05, 0) is 6.07 Å². The highest BCUT2D eigenvalue weighted by Gasteiger charge is 2.08. The number of benzene rings is 1. The number of hydrogen-bond donors (Lipinski definition) is 1. The van der Waals surface area contributed by atoms with Gasteiger partial charge in [-0.25, -0.2) is 4.39 Å². The van der Waals surface area contributed by atoms with E-state index in [9.17, 15) is 4.39 Å². The van der Waals surface area contributed by atoms with Gasteiger partial charge in [0.25, 0.3) is 0 Å². The van der Waals surface area contributed by atoms with Crippen molar-refractivity contribution in [2.75, 3.05) is 5.73 Å². The molecule has 0 atom stereocenters. The van der Waals surface area contributed by atoms with Crippen LogP contribution in [0.1, 0.15) is 0 Å². The molecule has 2 N–H and O–H groups in total. The molecule has 2 nitrogen and oxygen atoms in total. The van der Waals surface area contributed by atoms with Crippen LogP contribution in [-0.2, 0) is 0 Å². The molecule has 0 aliphatic rings. The van der Waals surface area contributed by atoms with Gasteiger partial charge in [-0.15, -0.1) is 0 Å². The van der Waals surface area contributed by atoms with Gasteiger partial charge in [0, 0.05) is 11.5 Å². The quantitative estimate of drug-likeness (QED) is 0.755. The zero-order valence-electron chi connectivity index (χ0n) is 6.89. The predicted molar refractivity (Wildman–Crippen MR) is 56.1 cm³/mol. The minimum absolute atomic E-state index is 0.00630. The SMILES string of the molecule is Nc1cnc2cc(F)c(Cl)cc2c1Cl. The van der Waals surface area contributed by atoms with E-state index in [4.69, 9.17) is 28.9 Å². The maximum absolute atomic E-state index is 13.0. The summed E-state index contributed by atoms with van der Waals surface area (Å²) in [7, 11) is 0. The fourth-order valence-electron chi connectivity index (χ4n) is 1.17. The van der Waals surface area contributed by atoms with Gasteiger partial charge < -0.3 is 5.73 Å². The van der Waals surface area contributed by atoms with Crippen molar-refractivity contribution in [3.63, 3.8) is 0 Å². The predicted octanol–water partition coefficient (Wildman–Crippen LogP) is 3.26. The summed E-state index contributed by atoms with van der Waals surface area (Å²) < 4.78 is 13.0. The molecule has 72 valence electrons. The van der Waals surface area contributed by atoms with Crippen LogP contribution < -0.4 is 5.73 Å². The van der Waals surface area contributed by atoms with Crippen LogP contribution in [-0.4, -0.2) is 4.98 Å². The number of halogens is 3. The average molecular weight is 231 g/mol. The lowest BCUT2D eigenvalue weighted by molar-refractivity contribution is 0.630. The molecule has 0 aliphatic carbocycles. The highest BCUT2D eigenvalue weighted by molar-refractivity contribution is 6.38. The van der Waals surface area contributed by atoms with Crippen molar-refractivity contribution in [3.05, 3.63) is 34.2 Å². The maximum Gasteiger partial charge on any atom is 0.143 e. The van der Waals surface area contributed by atoms with Crippen LogP contribution in [0.4, 0.5) is 10.1 Å². The Hall–Kier alpha value is -1.06. The van der Waals surface area contributed by atoms with Crippen molar-refractivity contribution in [3.8, 4) is 0 Å². The molecule has 1 heterocycles. The molecule has 0 unspecified atom stereocenters. The highest BCUT2D eigenvalue weighted by Crippen LogP contribution is 2.30. The lowest BCUT2D eigenvalue weighted by atomic mass is 10.2. The van der Waals surface area contributed by atoms with E-state index in [1.165, 1.54) is 18.3 Å². The Kier molecular flexibility index (Phi) is 2.21. The van der Waals surface area contributed by atoms with Crippen molar-refractivity contribution in [2.24, 2.45) is 0 Å². The molecule has 1 aromatic carbocycles. The minimum Gasteiger partial charge on any atom is -0.396 e. The third-order valence-electron chi connectivity index (χ3n) is 1.87. The van der Waals surface area contributed by atoms with Crippen LogP contribution in [0.2, 0.25) is 10.0 Å². The monoisotopic (exact) mass is 230 g/mol. The standard InChI is InChI=1S/C9H5Cl2FN2/c10-5-1-4-8(2-6(5)12)14-3-7(13)9(4)11/h1-3H,13H2. The smallest absolute Gasteiger partial charge is 0.143 e. The van der Waals surface area contributed by atoms with Crippen molar-refractivity contribution in [1.29, 1.82) is 0 Å². The highest BCUT2D eigenvalue weighted by atomic mass is 35.5. The molecule has 0 spiro atoms. The number of nitrogen functional groups attached to an aromatic ring is 1. The van der Waals surface area contributed by atoms with Crippen LogP contribution in [0.25, 0.3) is 10.9 Å². The van der Waals surface area contributed by atoms with Gasteiger partial charge in [-0.3, -0.25) is 4.98 Å². The Labute approximate surface area is 89.4 Å². The molecule has 0 fully saturated rings. The number of pyridine rings is 1. The third-order valence-corrected chi connectivity index (χ3v) is 2.58. The zero-order chi connectivity index (χ0) is 10.3. The second kappa shape index (κ2) is 3.26. The van der Waals surface area contributed by atoms with Gasteiger partial charge in [0.05, 0.1) is 27.4 Å². The van der Waals surface area contributed by atoms with Gasteiger partial charge in [0.2, 0.25) is 0 Å². The van der Waals surface area contributed by atoms with E-state index in [0.29, 0.717) is 21.6 Å². The molecule has 0 saturated carbocycles. The lowest BCUT2D eigenvalue weighted by Crippen LogP contribution is -1.90. The first kappa shape index (κ1) is 9.49. The molecule has 5 heteroatoms. The summed E-state index contributed by atoms with van der Waals surface area (Å²) in [5.41, 5.74) is 6.33. The van der Waals surface area contributed by atoms with Gasteiger partial charge >= 0.3 is 0 Å².